The van der Waals surface area contributed by atoms with Crippen LogP contribution in [0.2, 0.25) is 0 Å². The normalized spacial score (nSPS) is 9.67. The molecule has 1 aromatic heterocycles. The quantitative estimate of drug-likeness (QED) is 0.627. The first kappa shape index (κ1) is 12.5. The second kappa shape index (κ2) is 6.08. The molecule has 0 radical (unpaired) electrons. The number of ether oxygens (including phenoxy) is 1. The van der Waals surface area contributed by atoms with Crippen molar-refractivity contribution < 1.29 is 4.74 Å². The van der Waals surface area contributed by atoms with Gasteiger partial charge in [0.2, 0.25) is 0 Å². The van der Waals surface area contributed by atoms with Crippen molar-refractivity contribution in [1.82, 2.24) is 14.8 Å². The van der Waals surface area contributed by atoms with Crippen LogP contribution in [-0.2, 0) is 13.7 Å². The minimum Gasteiger partial charge on any atom is -0.486 e. The van der Waals surface area contributed by atoms with E-state index in [2.05, 4.69) is 21.9 Å². The van der Waals surface area contributed by atoms with E-state index in [9.17, 15) is 0 Å². The standard InChI is InChI=1S/C13H12ClN3O/c1-17-13(15-10-16-17)9-18-12-6-4-11(5-7-12)3-2-8-14/h4-7,10H,8-9H2,1H3. The fourth-order valence-corrected chi connectivity index (χ4v) is 1.44. The van der Waals surface area contributed by atoms with Crippen molar-refractivity contribution >= 4 is 11.6 Å². The number of nitrogens with zero attached hydrogens (tertiary/aromatic N) is 3. The molecule has 0 fully saturated rings. The van der Waals surface area contributed by atoms with E-state index in [4.69, 9.17) is 16.3 Å². The van der Waals surface area contributed by atoms with Crippen LogP contribution < -0.4 is 4.74 Å². The lowest BCUT2D eigenvalue weighted by molar-refractivity contribution is 0.290. The SMILES string of the molecule is Cn1ncnc1COc1ccc(C#CCCl)cc1. The van der Waals surface area contributed by atoms with Gasteiger partial charge in [0.1, 0.15) is 18.7 Å². The van der Waals surface area contributed by atoms with Crippen molar-refractivity contribution in [2.45, 2.75) is 6.61 Å². The van der Waals surface area contributed by atoms with Crippen LogP contribution in [0.3, 0.4) is 0 Å². The molecule has 5 heteroatoms. The van der Waals surface area contributed by atoms with Crippen molar-refractivity contribution in [2.24, 2.45) is 7.05 Å². The molecule has 0 unspecified atom stereocenters. The first-order valence-electron chi connectivity index (χ1n) is 5.40. The third kappa shape index (κ3) is 3.25. The lowest BCUT2D eigenvalue weighted by Gasteiger charge is -2.05. The molecule has 0 amide bonds. The summed E-state index contributed by atoms with van der Waals surface area (Å²) >= 11 is 5.49. The molecule has 1 aromatic carbocycles. The minimum atomic E-state index is 0.338. The van der Waals surface area contributed by atoms with Crippen LogP contribution in [0.1, 0.15) is 11.4 Å². The van der Waals surface area contributed by atoms with E-state index in [1.165, 1.54) is 6.33 Å². The van der Waals surface area contributed by atoms with Crippen molar-refractivity contribution in [3.8, 4) is 17.6 Å². The Morgan fingerprint density at radius 1 is 1.33 bits per heavy atom. The lowest BCUT2D eigenvalue weighted by Crippen LogP contribution is -2.04. The molecule has 0 spiro atoms. The van der Waals surface area contributed by atoms with Crippen LogP contribution in [0.4, 0.5) is 0 Å². The van der Waals surface area contributed by atoms with Gasteiger partial charge in [-0.15, -0.1) is 11.6 Å². The lowest BCUT2D eigenvalue weighted by atomic mass is 10.2. The fraction of sp³-hybridized carbons (Fsp3) is 0.231. The topological polar surface area (TPSA) is 39.9 Å². The Bertz CT molecular complexity index is 566. The summed E-state index contributed by atoms with van der Waals surface area (Å²) in [7, 11) is 1.83. The molecule has 0 aliphatic heterocycles. The highest BCUT2D eigenvalue weighted by Gasteiger charge is 2.01. The predicted molar refractivity (Wildman–Crippen MR) is 69.4 cm³/mol. The van der Waals surface area contributed by atoms with Crippen LogP contribution in [0.25, 0.3) is 0 Å². The van der Waals surface area contributed by atoms with E-state index >= 15 is 0 Å². The van der Waals surface area contributed by atoms with Crippen LogP contribution in [0.5, 0.6) is 5.75 Å². The van der Waals surface area contributed by atoms with Crippen molar-refractivity contribution in [3.63, 3.8) is 0 Å². The Labute approximate surface area is 111 Å². The molecule has 0 bridgehead atoms. The van der Waals surface area contributed by atoms with Crippen molar-refractivity contribution in [2.75, 3.05) is 5.88 Å². The largest absolute Gasteiger partial charge is 0.486 e. The molecule has 0 N–H and O–H groups in total. The zero-order valence-electron chi connectivity index (χ0n) is 9.93. The molecule has 0 aliphatic carbocycles. The highest BCUT2D eigenvalue weighted by molar-refractivity contribution is 6.19. The van der Waals surface area contributed by atoms with E-state index in [0.29, 0.717) is 12.5 Å². The summed E-state index contributed by atoms with van der Waals surface area (Å²) in [6, 6.07) is 7.53. The van der Waals surface area contributed by atoms with Gasteiger partial charge in [-0.25, -0.2) is 4.98 Å². The maximum atomic E-state index is 5.59. The summed E-state index contributed by atoms with van der Waals surface area (Å²) in [6.45, 7) is 0.392. The number of hydrogen-bond donors (Lipinski definition) is 0. The zero-order valence-corrected chi connectivity index (χ0v) is 10.7. The first-order valence-corrected chi connectivity index (χ1v) is 5.93. The van der Waals surface area contributed by atoms with Gasteiger partial charge in [-0.05, 0) is 24.3 Å². The summed E-state index contributed by atoms with van der Waals surface area (Å²) < 4.78 is 7.27. The average Bonchev–Trinajstić information content (AvgIpc) is 2.81. The summed E-state index contributed by atoms with van der Waals surface area (Å²) in [5.41, 5.74) is 0.918. The van der Waals surface area contributed by atoms with Gasteiger partial charge in [0.25, 0.3) is 0 Å². The summed E-state index contributed by atoms with van der Waals surface area (Å²) in [4.78, 5) is 4.08. The molecular formula is C13H12ClN3O. The molecule has 0 saturated heterocycles. The van der Waals surface area contributed by atoms with Crippen LogP contribution in [0, 0.1) is 11.8 Å². The second-order valence-electron chi connectivity index (χ2n) is 3.55. The Kier molecular flexibility index (Phi) is 4.21. The smallest absolute Gasteiger partial charge is 0.164 e. The van der Waals surface area contributed by atoms with Gasteiger partial charge in [0.15, 0.2) is 5.82 Å². The fourth-order valence-electron chi connectivity index (χ4n) is 1.37. The summed E-state index contributed by atoms with van der Waals surface area (Å²) in [5.74, 6) is 7.62. The monoisotopic (exact) mass is 261 g/mol. The van der Waals surface area contributed by atoms with E-state index in [1.807, 2.05) is 31.3 Å². The molecule has 0 aliphatic rings. The maximum absolute atomic E-state index is 5.59. The van der Waals surface area contributed by atoms with Gasteiger partial charge >= 0.3 is 0 Å². The molecule has 2 aromatic rings. The number of rotatable bonds is 3. The van der Waals surface area contributed by atoms with E-state index in [-0.39, 0.29) is 0 Å². The Hall–Kier alpha value is -1.99. The third-order valence-electron chi connectivity index (χ3n) is 2.33. The molecule has 0 atom stereocenters. The van der Waals surface area contributed by atoms with Gasteiger partial charge in [0.05, 0.1) is 5.88 Å². The summed E-state index contributed by atoms with van der Waals surface area (Å²) in [6.07, 6.45) is 1.50. The number of alkyl halides is 1. The molecule has 0 saturated carbocycles. The maximum Gasteiger partial charge on any atom is 0.164 e. The number of hydrogen-bond acceptors (Lipinski definition) is 3. The Morgan fingerprint density at radius 2 is 2.11 bits per heavy atom. The third-order valence-corrected chi connectivity index (χ3v) is 2.46. The Morgan fingerprint density at radius 3 is 2.72 bits per heavy atom. The first-order chi connectivity index (χ1) is 8.79. The summed E-state index contributed by atoms with van der Waals surface area (Å²) in [5, 5.41) is 3.97. The predicted octanol–water partition coefficient (Wildman–Crippen LogP) is 1.98. The average molecular weight is 262 g/mol. The second-order valence-corrected chi connectivity index (χ2v) is 3.82. The number of aromatic nitrogens is 3. The van der Waals surface area contributed by atoms with Crippen LogP contribution in [-0.4, -0.2) is 20.6 Å². The van der Waals surface area contributed by atoms with Crippen molar-refractivity contribution in [3.05, 3.63) is 42.0 Å². The molecule has 18 heavy (non-hydrogen) atoms. The van der Waals surface area contributed by atoms with E-state index in [1.54, 1.807) is 4.68 Å². The van der Waals surface area contributed by atoms with E-state index in [0.717, 1.165) is 17.1 Å². The van der Waals surface area contributed by atoms with Crippen molar-refractivity contribution in [1.29, 1.82) is 0 Å². The van der Waals surface area contributed by atoms with Gasteiger partial charge in [0, 0.05) is 12.6 Å². The zero-order chi connectivity index (χ0) is 12.8. The number of aryl methyl sites for hydroxylation is 1. The molecule has 92 valence electrons. The molecular weight excluding hydrogens is 250 g/mol. The van der Waals surface area contributed by atoms with Gasteiger partial charge in [-0.3, -0.25) is 4.68 Å². The van der Waals surface area contributed by atoms with Gasteiger partial charge in [-0.2, -0.15) is 5.10 Å². The van der Waals surface area contributed by atoms with Crippen LogP contribution >= 0.6 is 11.6 Å². The number of halogens is 1. The van der Waals surface area contributed by atoms with Gasteiger partial charge < -0.3 is 4.74 Å². The minimum absolute atomic E-state index is 0.338. The van der Waals surface area contributed by atoms with Gasteiger partial charge in [-0.1, -0.05) is 11.8 Å². The highest BCUT2D eigenvalue weighted by atomic mass is 35.5. The molecule has 4 nitrogen and oxygen atoms in total. The number of benzene rings is 1. The molecule has 1 heterocycles. The molecule has 2 rings (SSSR count). The Balaban J connectivity index is 1.96. The highest BCUT2D eigenvalue weighted by Crippen LogP contribution is 2.12. The van der Waals surface area contributed by atoms with E-state index < -0.39 is 0 Å². The van der Waals surface area contributed by atoms with Crippen LogP contribution in [0.15, 0.2) is 30.6 Å².